The van der Waals surface area contributed by atoms with E-state index < -0.39 is 18.1 Å². The maximum Gasteiger partial charge on any atom is 0.407 e. The van der Waals surface area contributed by atoms with Gasteiger partial charge in [0.25, 0.3) is 0 Å². The number of carbonyl (C=O) groups is 3. The fourth-order valence-electron chi connectivity index (χ4n) is 4.00. The van der Waals surface area contributed by atoms with Crippen LogP contribution in [-0.4, -0.2) is 42.3 Å². The highest BCUT2D eigenvalue weighted by molar-refractivity contribution is 5.87. The summed E-state index contributed by atoms with van der Waals surface area (Å²) in [6, 6.07) is 15.4. The van der Waals surface area contributed by atoms with Gasteiger partial charge in [-0.2, -0.15) is 0 Å². The molecule has 0 radical (unpaired) electrons. The molecule has 7 heteroatoms. The lowest BCUT2D eigenvalue weighted by Gasteiger charge is -2.21. The van der Waals surface area contributed by atoms with Gasteiger partial charge in [0.05, 0.1) is 0 Å². The zero-order valence-corrected chi connectivity index (χ0v) is 19.1. The summed E-state index contributed by atoms with van der Waals surface area (Å²) < 4.78 is 5.56. The largest absolute Gasteiger partial charge is 0.478 e. The summed E-state index contributed by atoms with van der Waals surface area (Å²) >= 11 is 0. The van der Waals surface area contributed by atoms with Gasteiger partial charge in [-0.15, -0.1) is 0 Å². The number of carbonyl (C=O) groups excluding carboxylic acids is 2. The molecule has 7 nitrogen and oxygen atoms in total. The van der Waals surface area contributed by atoms with Gasteiger partial charge in [0.15, 0.2) is 0 Å². The molecule has 0 bridgehead atoms. The average molecular weight is 451 g/mol. The van der Waals surface area contributed by atoms with Crippen LogP contribution in [0.15, 0.2) is 60.2 Å². The van der Waals surface area contributed by atoms with Crippen LogP contribution in [-0.2, 0) is 14.3 Å². The predicted octanol–water partition coefficient (Wildman–Crippen LogP) is 4.09. The Labute approximate surface area is 193 Å². The van der Waals surface area contributed by atoms with Crippen LogP contribution in [0, 0.1) is 5.92 Å². The number of ether oxygens (including phenoxy) is 1. The molecule has 0 heterocycles. The van der Waals surface area contributed by atoms with Crippen LogP contribution >= 0.6 is 0 Å². The van der Waals surface area contributed by atoms with Crippen LogP contribution in [0.2, 0.25) is 0 Å². The Morgan fingerprint density at radius 3 is 2.15 bits per heavy atom. The van der Waals surface area contributed by atoms with Crippen molar-refractivity contribution in [3.8, 4) is 11.1 Å². The van der Waals surface area contributed by atoms with E-state index in [1.54, 1.807) is 0 Å². The topological polar surface area (TPSA) is 105 Å². The second kappa shape index (κ2) is 10.8. The fraction of sp³-hybridized carbons (Fsp3) is 0.346. The van der Waals surface area contributed by atoms with Gasteiger partial charge < -0.3 is 20.5 Å². The Balaban J connectivity index is 1.62. The van der Waals surface area contributed by atoms with Gasteiger partial charge in [0.1, 0.15) is 12.6 Å². The number of nitrogens with one attached hydrogen (secondary N) is 2. The van der Waals surface area contributed by atoms with Gasteiger partial charge in [-0.1, -0.05) is 68.5 Å². The van der Waals surface area contributed by atoms with Crippen molar-refractivity contribution in [2.75, 3.05) is 13.2 Å². The quantitative estimate of drug-likeness (QED) is 0.499. The van der Waals surface area contributed by atoms with Crippen molar-refractivity contribution in [2.24, 2.45) is 5.92 Å². The Bertz CT molecular complexity index is 1010. The molecule has 2 amide bonds. The lowest BCUT2D eigenvalue weighted by molar-refractivity contribution is -0.132. The van der Waals surface area contributed by atoms with Crippen molar-refractivity contribution in [3.05, 3.63) is 71.3 Å². The van der Waals surface area contributed by atoms with E-state index in [-0.39, 0.29) is 36.5 Å². The van der Waals surface area contributed by atoms with Gasteiger partial charge in [-0.05, 0) is 41.5 Å². The van der Waals surface area contributed by atoms with E-state index in [1.807, 2.05) is 50.2 Å². The smallest absolute Gasteiger partial charge is 0.407 e. The third-order valence-corrected chi connectivity index (χ3v) is 5.68. The van der Waals surface area contributed by atoms with Crippen LogP contribution < -0.4 is 10.6 Å². The van der Waals surface area contributed by atoms with E-state index in [0.717, 1.165) is 22.3 Å². The van der Waals surface area contributed by atoms with Crippen LogP contribution in [0.4, 0.5) is 4.79 Å². The van der Waals surface area contributed by atoms with E-state index in [1.165, 1.54) is 13.0 Å². The van der Waals surface area contributed by atoms with Crippen LogP contribution in [0.5, 0.6) is 0 Å². The molecule has 33 heavy (non-hydrogen) atoms. The first-order valence-corrected chi connectivity index (χ1v) is 11.1. The molecule has 0 spiro atoms. The first kappa shape index (κ1) is 24.0. The molecule has 1 unspecified atom stereocenters. The molecule has 2 aromatic carbocycles. The number of aliphatic carboxylic acids is 1. The third kappa shape index (κ3) is 6.00. The molecule has 0 saturated heterocycles. The highest BCUT2D eigenvalue weighted by Crippen LogP contribution is 2.44. The summed E-state index contributed by atoms with van der Waals surface area (Å²) in [5, 5.41) is 14.2. The Morgan fingerprint density at radius 1 is 1.03 bits per heavy atom. The van der Waals surface area contributed by atoms with Gasteiger partial charge in [-0.25, -0.2) is 9.59 Å². The van der Waals surface area contributed by atoms with E-state index >= 15 is 0 Å². The minimum absolute atomic E-state index is 0.0651. The number of rotatable bonds is 9. The summed E-state index contributed by atoms with van der Waals surface area (Å²) in [6.45, 7) is 5.59. The minimum atomic E-state index is -1.04. The normalized spacial score (nSPS) is 13.8. The van der Waals surface area contributed by atoms with Crippen LogP contribution in [0.1, 0.15) is 44.2 Å². The lowest BCUT2D eigenvalue weighted by atomic mass is 9.98. The molecule has 0 saturated carbocycles. The summed E-state index contributed by atoms with van der Waals surface area (Å²) in [6.07, 6.45) is 1.19. The van der Waals surface area contributed by atoms with Crippen molar-refractivity contribution < 1.29 is 24.2 Å². The van der Waals surface area contributed by atoms with Crippen LogP contribution in [0.25, 0.3) is 11.1 Å². The zero-order chi connectivity index (χ0) is 24.0. The summed E-state index contributed by atoms with van der Waals surface area (Å²) in [4.78, 5) is 36.1. The molecule has 0 aromatic heterocycles. The second-order valence-electron chi connectivity index (χ2n) is 8.59. The van der Waals surface area contributed by atoms with Crippen molar-refractivity contribution in [1.29, 1.82) is 0 Å². The van der Waals surface area contributed by atoms with E-state index in [0.29, 0.717) is 6.42 Å². The summed E-state index contributed by atoms with van der Waals surface area (Å²) in [7, 11) is 0. The highest BCUT2D eigenvalue weighted by atomic mass is 16.5. The molecule has 1 aliphatic rings. The standard InChI is InChI=1S/C26H30N2O5/c1-16(2)14-23(24(29)27-13-12-17(3)25(30)31)28-26(32)33-15-22-20-10-6-4-8-18(20)19-9-5-7-11-21(19)22/h4-12,16,22-23H,13-15H2,1-3H3,(H,27,29)(H,28,32)(H,30,31)/b17-12+. The number of hydrogen-bond acceptors (Lipinski definition) is 4. The number of benzene rings is 2. The number of alkyl carbamates (subject to hydrolysis) is 1. The Kier molecular flexibility index (Phi) is 7.87. The molecule has 2 aromatic rings. The minimum Gasteiger partial charge on any atom is -0.478 e. The average Bonchev–Trinajstić information content (AvgIpc) is 3.10. The first-order valence-electron chi connectivity index (χ1n) is 11.1. The molecule has 3 N–H and O–H groups in total. The van der Waals surface area contributed by atoms with E-state index in [2.05, 4.69) is 22.8 Å². The molecule has 0 fully saturated rings. The first-order chi connectivity index (χ1) is 15.8. The second-order valence-corrected chi connectivity index (χ2v) is 8.59. The summed E-state index contributed by atoms with van der Waals surface area (Å²) in [5.41, 5.74) is 4.65. The number of carboxylic acids is 1. The van der Waals surface area contributed by atoms with E-state index in [9.17, 15) is 14.4 Å². The van der Waals surface area contributed by atoms with Crippen LogP contribution in [0.3, 0.4) is 0 Å². The maximum atomic E-state index is 12.6. The molecule has 174 valence electrons. The number of hydrogen-bond donors (Lipinski definition) is 3. The highest BCUT2D eigenvalue weighted by Gasteiger charge is 2.29. The number of amides is 2. The Hall–Kier alpha value is -3.61. The monoisotopic (exact) mass is 450 g/mol. The van der Waals surface area contributed by atoms with Crippen molar-refractivity contribution in [3.63, 3.8) is 0 Å². The van der Waals surface area contributed by atoms with Crippen molar-refractivity contribution in [2.45, 2.75) is 39.2 Å². The lowest BCUT2D eigenvalue weighted by Crippen LogP contribution is -2.47. The Morgan fingerprint density at radius 2 is 1.61 bits per heavy atom. The predicted molar refractivity (Wildman–Crippen MR) is 126 cm³/mol. The van der Waals surface area contributed by atoms with Crippen molar-refractivity contribution in [1.82, 2.24) is 10.6 Å². The van der Waals surface area contributed by atoms with E-state index in [4.69, 9.17) is 9.84 Å². The third-order valence-electron chi connectivity index (χ3n) is 5.68. The molecule has 1 aliphatic carbocycles. The maximum absolute atomic E-state index is 12.6. The summed E-state index contributed by atoms with van der Waals surface area (Å²) in [5.74, 6) is -1.33. The van der Waals surface area contributed by atoms with Crippen molar-refractivity contribution >= 4 is 18.0 Å². The molecular formula is C26H30N2O5. The number of fused-ring (bicyclic) bond motifs is 3. The molecule has 1 atom stereocenters. The van der Waals surface area contributed by atoms with Gasteiger partial charge >= 0.3 is 12.1 Å². The molecule has 3 rings (SSSR count). The van der Waals surface area contributed by atoms with Gasteiger partial charge in [0.2, 0.25) is 5.91 Å². The van der Waals surface area contributed by atoms with Gasteiger partial charge in [0, 0.05) is 18.0 Å². The zero-order valence-electron chi connectivity index (χ0n) is 19.1. The molecular weight excluding hydrogens is 420 g/mol. The fourth-order valence-corrected chi connectivity index (χ4v) is 4.00. The van der Waals surface area contributed by atoms with Gasteiger partial charge in [-0.3, -0.25) is 4.79 Å². The number of carboxylic acid groups (broad SMARTS) is 1. The molecule has 0 aliphatic heterocycles. The SMILES string of the molecule is C/C(=C\CNC(=O)C(CC(C)C)NC(=O)OCC1c2ccccc2-c2ccccc21)C(=O)O.